The summed E-state index contributed by atoms with van der Waals surface area (Å²) >= 11 is 0. The normalized spacial score (nSPS) is 11.8. The molecule has 7 heteroatoms. The highest BCUT2D eigenvalue weighted by Gasteiger charge is 2.17. The molecule has 0 bridgehead atoms. The summed E-state index contributed by atoms with van der Waals surface area (Å²) in [5.41, 5.74) is 0.749. The van der Waals surface area contributed by atoms with Gasteiger partial charge >= 0.3 is 5.97 Å². The molecule has 7 nitrogen and oxygen atoms in total. The summed E-state index contributed by atoms with van der Waals surface area (Å²) < 4.78 is 15.6. The monoisotopic (exact) mass is 285 g/mol. The first-order valence-corrected chi connectivity index (χ1v) is 5.93. The third-order valence-electron chi connectivity index (χ3n) is 2.76. The van der Waals surface area contributed by atoms with E-state index in [1.165, 1.54) is 21.3 Å². The molecule has 0 spiro atoms. The quantitative estimate of drug-likeness (QED) is 0.629. The zero-order valence-electron chi connectivity index (χ0n) is 11.7. The molecular weight excluding hydrogens is 266 g/mol. The van der Waals surface area contributed by atoms with Gasteiger partial charge in [0.25, 0.3) is 0 Å². The Labute approximate surface area is 117 Å². The lowest BCUT2D eigenvalue weighted by Gasteiger charge is -2.16. The van der Waals surface area contributed by atoms with Crippen LogP contribution >= 0.6 is 0 Å². The maximum absolute atomic E-state index is 10.8. The van der Waals surface area contributed by atoms with Crippen LogP contribution in [-0.4, -0.2) is 50.2 Å². The van der Waals surface area contributed by atoms with Gasteiger partial charge in [0.15, 0.2) is 11.5 Å². The summed E-state index contributed by atoms with van der Waals surface area (Å²) in [4.78, 5) is 10.8. The number of methoxy groups -OCH3 is 3. The van der Waals surface area contributed by atoms with E-state index in [0.29, 0.717) is 17.2 Å². The maximum Gasteiger partial charge on any atom is 0.323 e. The molecule has 3 N–H and O–H groups in total. The second kappa shape index (κ2) is 7.56. The van der Waals surface area contributed by atoms with Crippen LogP contribution in [-0.2, 0) is 11.3 Å². The van der Waals surface area contributed by atoms with Gasteiger partial charge in [-0.05, 0) is 17.7 Å². The van der Waals surface area contributed by atoms with Crippen molar-refractivity contribution in [3.63, 3.8) is 0 Å². The largest absolute Gasteiger partial charge is 0.493 e. The van der Waals surface area contributed by atoms with Gasteiger partial charge in [-0.2, -0.15) is 0 Å². The second-order valence-electron chi connectivity index (χ2n) is 3.99. The molecule has 1 aromatic rings. The lowest BCUT2D eigenvalue weighted by atomic mass is 10.1. The molecule has 1 unspecified atom stereocenters. The van der Waals surface area contributed by atoms with Crippen molar-refractivity contribution < 1.29 is 29.2 Å². The summed E-state index contributed by atoms with van der Waals surface area (Å²) in [6.45, 7) is -0.242. The number of carboxylic acid groups (broad SMARTS) is 1. The highest BCUT2D eigenvalue weighted by molar-refractivity contribution is 5.73. The fraction of sp³-hybridized carbons (Fsp3) is 0.462. The maximum atomic E-state index is 10.8. The van der Waals surface area contributed by atoms with Crippen LogP contribution in [0.25, 0.3) is 0 Å². The number of carbonyl (C=O) groups is 1. The number of hydrogen-bond acceptors (Lipinski definition) is 6. The first kappa shape index (κ1) is 16.1. The van der Waals surface area contributed by atoms with Crippen LogP contribution in [0.4, 0.5) is 0 Å². The van der Waals surface area contributed by atoms with Crippen LogP contribution < -0.4 is 19.5 Å². The Morgan fingerprint density at radius 1 is 1.20 bits per heavy atom. The summed E-state index contributed by atoms with van der Waals surface area (Å²) in [5.74, 6) is 0.328. The van der Waals surface area contributed by atoms with Crippen molar-refractivity contribution in [3.8, 4) is 17.2 Å². The highest BCUT2D eigenvalue weighted by atomic mass is 16.5. The van der Waals surface area contributed by atoms with Crippen LogP contribution in [0, 0.1) is 0 Å². The molecule has 20 heavy (non-hydrogen) atoms. The van der Waals surface area contributed by atoms with E-state index < -0.39 is 18.6 Å². The van der Waals surface area contributed by atoms with Gasteiger partial charge in [0.1, 0.15) is 6.04 Å². The average Bonchev–Trinajstić information content (AvgIpc) is 2.46. The number of ether oxygens (including phenoxy) is 3. The molecule has 0 aliphatic heterocycles. The van der Waals surface area contributed by atoms with Crippen molar-refractivity contribution in [1.29, 1.82) is 0 Å². The zero-order chi connectivity index (χ0) is 15.1. The number of nitrogens with one attached hydrogen (secondary N) is 1. The van der Waals surface area contributed by atoms with Crippen LogP contribution in [0.2, 0.25) is 0 Å². The summed E-state index contributed by atoms with van der Waals surface area (Å²) in [5, 5.41) is 20.5. The fourth-order valence-corrected chi connectivity index (χ4v) is 1.71. The van der Waals surface area contributed by atoms with Gasteiger partial charge in [0.2, 0.25) is 5.75 Å². The molecule has 0 aromatic heterocycles. The smallest absolute Gasteiger partial charge is 0.323 e. The second-order valence-corrected chi connectivity index (χ2v) is 3.99. The third-order valence-corrected chi connectivity index (χ3v) is 2.76. The van der Waals surface area contributed by atoms with Crippen LogP contribution in [0.15, 0.2) is 12.1 Å². The summed E-state index contributed by atoms with van der Waals surface area (Å²) in [7, 11) is 4.51. The molecule has 1 aromatic carbocycles. The number of carboxylic acids is 1. The van der Waals surface area contributed by atoms with Gasteiger partial charge in [0.05, 0.1) is 27.9 Å². The predicted molar refractivity (Wildman–Crippen MR) is 71.4 cm³/mol. The van der Waals surface area contributed by atoms with E-state index >= 15 is 0 Å². The van der Waals surface area contributed by atoms with Gasteiger partial charge in [-0.15, -0.1) is 0 Å². The van der Waals surface area contributed by atoms with Gasteiger partial charge < -0.3 is 24.4 Å². The topological polar surface area (TPSA) is 97.2 Å². The van der Waals surface area contributed by atoms with Crippen molar-refractivity contribution in [2.45, 2.75) is 12.6 Å². The number of hydrogen-bond donors (Lipinski definition) is 3. The number of benzene rings is 1. The minimum absolute atomic E-state index is 0.244. The van der Waals surface area contributed by atoms with Crippen molar-refractivity contribution in [2.24, 2.45) is 0 Å². The van der Waals surface area contributed by atoms with Gasteiger partial charge in [-0.3, -0.25) is 10.1 Å². The molecule has 1 rings (SSSR count). The lowest BCUT2D eigenvalue weighted by molar-refractivity contribution is -0.140. The average molecular weight is 285 g/mol. The van der Waals surface area contributed by atoms with Crippen LogP contribution in [0.5, 0.6) is 17.2 Å². The van der Waals surface area contributed by atoms with E-state index in [1.54, 1.807) is 12.1 Å². The van der Waals surface area contributed by atoms with E-state index in [-0.39, 0.29) is 6.54 Å². The van der Waals surface area contributed by atoms with Crippen molar-refractivity contribution in [1.82, 2.24) is 5.32 Å². The Morgan fingerprint density at radius 3 is 2.10 bits per heavy atom. The summed E-state index contributed by atoms with van der Waals surface area (Å²) in [6, 6.07) is 2.41. The lowest BCUT2D eigenvalue weighted by Crippen LogP contribution is -2.39. The highest BCUT2D eigenvalue weighted by Crippen LogP contribution is 2.38. The number of aliphatic hydroxyl groups is 1. The molecule has 0 radical (unpaired) electrons. The molecule has 1 atom stereocenters. The minimum Gasteiger partial charge on any atom is -0.493 e. The Balaban J connectivity index is 2.93. The Bertz CT molecular complexity index is 437. The van der Waals surface area contributed by atoms with E-state index in [1.807, 2.05) is 0 Å². The molecule has 0 fully saturated rings. The van der Waals surface area contributed by atoms with E-state index in [4.69, 9.17) is 24.4 Å². The first-order valence-electron chi connectivity index (χ1n) is 5.93. The van der Waals surface area contributed by atoms with E-state index in [0.717, 1.165) is 5.56 Å². The summed E-state index contributed by atoms with van der Waals surface area (Å²) in [6.07, 6.45) is 0. The van der Waals surface area contributed by atoms with Crippen LogP contribution in [0.3, 0.4) is 0 Å². The molecule has 0 aliphatic carbocycles. The molecule has 112 valence electrons. The van der Waals surface area contributed by atoms with Gasteiger partial charge in [-0.25, -0.2) is 0 Å². The SMILES string of the molecule is COc1cc(CNC(CO)C(=O)O)cc(OC)c1OC. The molecule has 0 amide bonds. The zero-order valence-corrected chi connectivity index (χ0v) is 11.7. The Hall–Kier alpha value is -1.99. The molecule has 0 heterocycles. The fourth-order valence-electron chi connectivity index (χ4n) is 1.71. The minimum atomic E-state index is -1.11. The van der Waals surface area contributed by atoms with E-state index in [2.05, 4.69) is 5.32 Å². The van der Waals surface area contributed by atoms with Crippen LogP contribution in [0.1, 0.15) is 5.56 Å². The standard InChI is InChI=1S/C13H19NO6/c1-18-10-4-8(5-11(19-2)12(10)20-3)6-14-9(7-15)13(16)17/h4-5,9,14-15H,6-7H2,1-3H3,(H,16,17). The first-order chi connectivity index (χ1) is 9.57. The Kier molecular flexibility index (Phi) is 6.08. The van der Waals surface area contributed by atoms with Crippen molar-refractivity contribution in [3.05, 3.63) is 17.7 Å². The van der Waals surface area contributed by atoms with Gasteiger partial charge in [-0.1, -0.05) is 0 Å². The number of aliphatic hydroxyl groups excluding tert-OH is 1. The van der Waals surface area contributed by atoms with Crippen molar-refractivity contribution >= 4 is 5.97 Å². The van der Waals surface area contributed by atoms with Gasteiger partial charge in [0, 0.05) is 6.54 Å². The van der Waals surface area contributed by atoms with E-state index in [9.17, 15) is 4.79 Å². The third kappa shape index (κ3) is 3.75. The Morgan fingerprint density at radius 2 is 1.75 bits per heavy atom. The molecule has 0 saturated heterocycles. The molecule has 0 aliphatic rings. The molecular formula is C13H19NO6. The predicted octanol–water partition coefficient (Wildman–Crippen LogP) is 0.247. The number of rotatable bonds is 8. The number of aliphatic carboxylic acids is 1. The van der Waals surface area contributed by atoms with Crippen molar-refractivity contribution in [2.75, 3.05) is 27.9 Å². The molecule has 0 saturated carbocycles.